The molecule has 0 radical (unpaired) electrons. The van der Waals surface area contributed by atoms with E-state index in [1.54, 1.807) is 0 Å². The Hall–Kier alpha value is -1.12. The lowest BCUT2D eigenvalue weighted by Gasteiger charge is -2.40. The van der Waals surface area contributed by atoms with Crippen molar-refractivity contribution in [3.8, 4) is 0 Å². The van der Waals surface area contributed by atoms with Crippen molar-refractivity contribution in [2.45, 2.75) is 49.4 Å². The van der Waals surface area contributed by atoms with Crippen LogP contribution in [-0.2, 0) is 16.1 Å². The second kappa shape index (κ2) is 7.41. The molecular weight excluding hydrogens is 328 g/mol. The molecular formula is C17H24N2O4S. The molecule has 0 amide bonds. The Morgan fingerprint density at radius 3 is 2.62 bits per heavy atom. The highest BCUT2D eigenvalue weighted by molar-refractivity contribution is 8.14. The van der Waals surface area contributed by atoms with E-state index in [1.807, 2.05) is 56.3 Å². The Morgan fingerprint density at radius 2 is 1.96 bits per heavy atom. The molecule has 6 atom stereocenters. The van der Waals surface area contributed by atoms with Crippen LogP contribution in [0.1, 0.15) is 12.5 Å². The molecule has 1 aromatic carbocycles. The quantitative estimate of drug-likeness (QED) is 0.844. The molecule has 0 bridgehead atoms. The Labute approximate surface area is 146 Å². The smallest absolute Gasteiger partial charge is 0.161 e. The van der Waals surface area contributed by atoms with Crippen LogP contribution in [0, 0.1) is 0 Å². The number of ether oxygens (including phenoxy) is 2. The molecule has 2 aliphatic rings. The van der Waals surface area contributed by atoms with Crippen LogP contribution in [0.25, 0.3) is 0 Å². The Kier molecular flexibility index (Phi) is 5.46. The summed E-state index contributed by atoms with van der Waals surface area (Å²) in [5.41, 5.74) is 0.759. The maximum Gasteiger partial charge on any atom is 0.161 e. The maximum absolute atomic E-state index is 10.4. The average Bonchev–Trinajstić information content (AvgIpc) is 3.01. The molecule has 132 valence electrons. The summed E-state index contributed by atoms with van der Waals surface area (Å²) >= 11 is 1.47. The van der Waals surface area contributed by atoms with Gasteiger partial charge in [-0.3, -0.25) is 4.99 Å². The van der Waals surface area contributed by atoms with Crippen LogP contribution < -0.4 is 0 Å². The van der Waals surface area contributed by atoms with Crippen molar-refractivity contribution in [2.24, 2.45) is 4.99 Å². The first-order chi connectivity index (χ1) is 11.5. The Bertz CT molecular complexity index is 583. The predicted molar refractivity (Wildman–Crippen MR) is 93.9 cm³/mol. The fraction of sp³-hybridized carbons (Fsp3) is 0.588. The van der Waals surface area contributed by atoms with E-state index in [1.165, 1.54) is 11.8 Å². The molecule has 0 saturated carbocycles. The molecule has 1 aromatic rings. The van der Waals surface area contributed by atoms with Crippen LogP contribution in [0.4, 0.5) is 0 Å². The summed E-state index contributed by atoms with van der Waals surface area (Å²) in [6, 6.07) is 9.40. The van der Waals surface area contributed by atoms with E-state index >= 15 is 0 Å². The van der Waals surface area contributed by atoms with Crippen molar-refractivity contribution in [3.63, 3.8) is 0 Å². The van der Waals surface area contributed by atoms with E-state index in [0.29, 0.717) is 6.61 Å². The maximum atomic E-state index is 10.4. The summed E-state index contributed by atoms with van der Waals surface area (Å²) in [5, 5.41) is 21.7. The number of aliphatic hydroxyl groups is 2. The number of fused-ring (bicyclic) bond motifs is 1. The second-order valence-electron chi connectivity index (χ2n) is 6.37. The van der Waals surface area contributed by atoms with E-state index < -0.39 is 24.4 Å². The van der Waals surface area contributed by atoms with Gasteiger partial charge in [0.2, 0.25) is 0 Å². The molecule has 6 nitrogen and oxygen atoms in total. The third kappa shape index (κ3) is 3.60. The molecule has 0 aliphatic carbocycles. The van der Waals surface area contributed by atoms with Crippen LogP contribution in [0.3, 0.4) is 0 Å². The van der Waals surface area contributed by atoms with Crippen molar-refractivity contribution in [3.05, 3.63) is 35.9 Å². The van der Waals surface area contributed by atoms with Gasteiger partial charge in [0, 0.05) is 14.1 Å². The van der Waals surface area contributed by atoms with E-state index in [0.717, 1.165) is 10.7 Å². The van der Waals surface area contributed by atoms with Gasteiger partial charge in [-0.05, 0) is 12.5 Å². The molecule has 3 rings (SSSR count). The van der Waals surface area contributed by atoms with Gasteiger partial charge in [-0.25, -0.2) is 0 Å². The number of benzene rings is 1. The van der Waals surface area contributed by atoms with Crippen molar-refractivity contribution >= 4 is 16.9 Å². The number of aliphatic imine (C=N–C) groups is 1. The summed E-state index contributed by atoms with van der Waals surface area (Å²) in [6.07, 6.45) is -2.92. The predicted octanol–water partition coefficient (Wildman–Crippen LogP) is 1.07. The average molecular weight is 352 g/mol. The van der Waals surface area contributed by atoms with Gasteiger partial charge in [0.05, 0.1) is 12.7 Å². The molecule has 2 aliphatic heterocycles. The molecule has 2 heterocycles. The minimum absolute atomic E-state index is 0.298. The third-order valence-electron chi connectivity index (χ3n) is 4.29. The first-order valence-electron chi connectivity index (χ1n) is 8.06. The SMILES string of the molecule is CC(OCc1ccccc1)C1OC2SC(N(C)C)=NC2C(O)C1O. The van der Waals surface area contributed by atoms with Gasteiger partial charge in [-0.15, -0.1) is 0 Å². The third-order valence-corrected chi connectivity index (χ3v) is 5.59. The summed E-state index contributed by atoms with van der Waals surface area (Å²) in [4.78, 5) is 6.34. The zero-order chi connectivity index (χ0) is 17.3. The fourth-order valence-electron chi connectivity index (χ4n) is 2.88. The Morgan fingerprint density at radius 1 is 1.25 bits per heavy atom. The highest BCUT2D eigenvalue weighted by Gasteiger charge is 2.50. The summed E-state index contributed by atoms with van der Waals surface area (Å²) in [7, 11) is 3.80. The van der Waals surface area contributed by atoms with Gasteiger partial charge in [-0.1, -0.05) is 42.1 Å². The first kappa shape index (κ1) is 17.7. The van der Waals surface area contributed by atoms with Gasteiger partial charge in [0.1, 0.15) is 29.8 Å². The summed E-state index contributed by atoms with van der Waals surface area (Å²) < 4.78 is 11.9. The molecule has 1 saturated heterocycles. The number of rotatable bonds is 4. The van der Waals surface area contributed by atoms with Crippen molar-refractivity contribution in [2.75, 3.05) is 14.1 Å². The second-order valence-corrected chi connectivity index (χ2v) is 7.43. The summed E-state index contributed by atoms with van der Waals surface area (Å²) in [6.45, 7) is 2.29. The first-order valence-corrected chi connectivity index (χ1v) is 8.94. The zero-order valence-corrected chi connectivity index (χ0v) is 14.9. The number of nitrogens with zero attached hydrogens (tertiary/aromatic N) is 2. The molecule has 0 aromatic heterocycles. The van der Waals surface area contributed by atoms with Crippen LogP contribution in [0.15, 0.2) is 35.3 Å². The standard InChI is InChI=1S/C17H24N2O4S/c1-10(22-9-11-7-5-4-6-8-11)15-14(21)13(20)12-16(23-15)24-17(18-12)19(2)3/h4-8,10,12-16,20-21H,9H2,1-3H3. The molecule has 1 fully saturated rings. The van der Waals surface area contributed by atoms with Gasteiger partial charge < -0.3 is 24.6 Å². The normalized spacial score (nSPS) is 33.7. The van der Waals surface area contributed by atoms with Gasteiger partial charge >= 0.3 is 0 Å². The highest BCUT2D eigenvalue weighted by atomic mass is 32.2. The lowest BCUT2D eigenvalue weighted by molar-refractivity contribution is -0.193. The lowest BCUT2D eigenvalue weighted by atomic mass is 9.95. The minimum Gasteiger partial charge on any atom is -0.388 e. The van der Waals surface area contributed by atoms with Crippen LogP contribution >= 0.6 is 11.8 Å². The highest BCUT2D eigenvalue weighted by Crippen LogP contribution is 2.38. The Balaban J connectivity index is 1.63. The van der Waals surface area contributed by atoms with Crippen LogP contribution in [0.2, 0.25) is 0 Å². The lowest BCUT2D eigenvalue weighted by Crippen LogP contribution is -2.58. The van der Waals surface area contributed by atoms with E-state index in [-0.39, 0.29) is 11.5 Å². The van der Waals surface area contributed by atoms with Crippen molar-refractivity contribution in [1.82, 2.24) is 4.90 Å². The monoisotopic (exact) mass is 352 g/mol. The molecule has 2 N–H and O–H groups in total. The number of thioether (sulfide) groups is 1. The van der Waals surface area contributed by atoms with E-state index in [2.05, 4.69) is 4.99 Å². The molecule has 24 heavy (non-hydrogen) atoms. The molecule has 7 heteroatoms. The van der Waals surface area contributed by atoms with Gasteiger partial charge in [0.15, 0.2) is 5.17 Å². The molecule has 6 unspecified atom stereocenters. The fourth-order valence-corrected chi connectivity index (χ4v) is 4.02. The number of hydrogen-bond acceptors (Lipinski definition) is 7. The van der Waals surface area contributed by atoms with Crippen molar-refractivity contribution < 1.29 is 19.7 Å². The molecule has 0 spiro atoms. The van der Waals surface area contributed by atoms with Crippen LogP contribution in [0.5, 0.6) is 0 Å². The van der Waals surface area contributed by atoms with Gasteiger partial charge in [-0.2, -0.15) is 0 Å². The van der Waals surface area contributed by atoms with E-state index in [9.17, 15) is 10.2 Å². The van der Waals surface area contributed by atoms with Crippen molar-refractivity contribution in [1.29, 1.82) is 0 Å². The largest absolute Gasteiger partial charge is 0.388 e. The number of hydrogen-bond donors (Lipinski definition) is 2. The van der Waals surface area contributed by atoms with Crippen LogP contribution in [-0.4, -0.2) is 70.3 Å². The number of amidine groups is 1. The van der Waals surface area contributed by atoms with Gasteiger partial charge in [0.25, 0.3) is 0 Å². The summed E-state index contributed by atoms with van der Waals surface area (Å²) in [5.74, 6) is 0. The number of aliphatic hydroxyl groups excluding tert-OH is 2. The topological polar surface area (TPSA) is 74.5 Å². The zero-order valence-electron chi connectivity index (χ0n) is 14.1. The van der Waals surface area contributed by atoms with E-state index in [4.69, 9.17) is 9.47 Å². The minimum atomic E-state index is -1.03.